The molecule has 2 amide bonds. The molecule has 56 heavy (non-hydrogen) atoms. The SMILES string of the molecule is CC(C)(C)OC(=O)C1(O/N=C(\C(=O)N[C@@H]2C(=O)N3C(C(=O)O)=C(CBr)CS[C@H]23)c2csc(NC(c3ccccc3)(c3ccccc3)c3ccccc3)n2)CCC1. The normalized spacial score (nSPS) is 19.2. The van der Waals surface area contributed by atoms with Crippen LogP contribution in [0.1, 0.15) is 62.4 Å². The minimum Gasteiger partial charge on any atom is -0.477 e. The summed E-state index contributed by atoms with van der Waals surface area (Å²) >= 11 is 5.93. The van der Waals surface area contributed by atoms with Crippen molar-refractivity contribution in [3.05, 3.63) is 130 Å². The second kappa shape index (κ2) is 15.9. The van der Waals surface area contributed by atoms with Gasteiger partial charge < -0.3 is 25.3 Å². The van der Waals surface area contributed by atoms with Crippen molar-refractivity contribution < 1.29 is 33.9 Å². The lowest BCUT2D eigenvalue weighted by atomic mass is 9.77. The topological polar surface area (TPSA) is 160 Å². The number of ether oxygens (including phenoxy) is 1. The molecule has 3 aromatic carbocycles. The number of hydrogen-bond acceptors (Lipinski definition) is 11. The number of nitrogens with one attached hydrogen (secondary N) is 2. The van der Waals surface area contributed by atoms with E-state index in [1.807, 2.05) is 91.0 Å². The van der Waals surface area contributed by atoms with Crippen LogP contribution in [0.25, 0.3) is 0 Å². The Morgan fingerprint density at radius 1 is 0.964 bits per heavy atom. The van der Waals surface area contributed by atoms with Crippen LogP contribution in [0.3, 0.4) is 0 Å². The number of benzene rings is 3. The number of amides is 2. The fourth-order valence-electron chi connectivity index (χ4n) is 6.92. The number of fused-ring (bicyclic) bond motifs is 1. The molecule has 12 nitrogen and oxygen atoms in total. The number of esters is 1. The molecule has 3 heterocycles. The van der Waals surface area contributed by atoms with Crippen molar-refractivity contribution >= 4 is 73.6 Å². The Hall–Kier alpha value is -4.99. The lowest BCUT2D eigenvalue weighted by Crippen LogP contribution is -2.71. The quantitative estimate of drug-likeness (QED) is 0.0331. The van der Waals surface area contributed by atoms with Gasteiger partial charge in [0.15, 0.2) is 10.8 Å². The molecule has 2 fully saturated rings. The number of aromatic nitrogens is 1. The number of β-lactam (4-membered cyclic amide) rings is 1. The lowest BCUT2D eigenvalue weighted by molar-refractivity contribution is -0.196. The average Bonchev–Trinajstić information content (AvgIpc) is 3.64. The smallest absolute Gasteiger partial charge is 0.353 e. The van der Waals surface area contributed by atoms with Gasteiger partial charge in [-0.3, -0.25) is 14.5 Å². The molecule has 1 aliphatic carbocycles. The molecule has 290 valence electrons. The predicted molar refractivity (Wildman–Crippen MR) is 218 cm³/mol. The fraction of sp³-hybridized carbons (Fsp3) is 0.317. The minimum absolute atomic E-state index is 0.0865. The molecule has 7 rings (SSSR count). The molecule has 0 spiro atoms. The summed E-state index contributed by atoms with van der Waals surface area (Å²) in [5.74, 6) is -2.77. The van der Waals surface area contributed by atoms with Crippen molar-refractivity contribution in [1.82, 2.24) is 15.2 Å². The average molecular weight is 859 g/mol. The number of alkyl halides is 1. The Balaban J connectivity index is 1.25. The Labute approximate surface area is 340 Å². The van der Waals surface area contributed by atoms with Gasteiger partial charge in [-0.1, -0.05) is 112 Å². The van der Waals surface area contributed by atoms with Crippen LogP contribution < -0.4 is 10.6 Å². The summed E-state index contributed by atoms with van der Waals surface area (Å²) in [7, 11) is 0. The zero-order valence-corrected chi connectivity index (χ0v) is 34.1. The number of carbonyl (C=O) groups excluding carboxylic acids is 3. The van der Waals surface area contributed by atoms with Crippen molar-refractivity contribution in [2.75, 3.05) is 16.4 Å². The number of thioether (sulfide) groups is 1. The maximum absolute atomic E-state index is 14.3. The zero-order chi connectivity index (χ0) is 39.7. The molecule has 15 heteroatoms. The highest BCUT2D eigenvalue weighted by Gasteiger charge is 2.55. The van der Waals surface area contributed by atoms with Crippen molar-refractivity contribution in [2.45, 2.75) is 68.2 Å². The molecule has 2 aliphatic heterocycles. The molecule has 0 unspecified atom stereocenters. The van der Waals surface area contributed by atoms with Crippen molar-refractivity contribution in [1.29, 1.82) is 0 Å². The highest BCUT2D eigenvalue weighted by molar-refractivity contribution is 9.09. The first-order chi connectivity index (χ1) is 26.9. The summed E-state index contributed by atoms with van der Waals surface area (Å²) in [6, 6.07) is 28.9. The van der Waals surface area contributed by atoms with Crippen LogP contribution in [0.4, 0.5) is 5.13 Å². The van der Waals surface area contributed by atoms with E-state index in [-0.39, 0.29) is 17.1 Å². The van der Waals surface area contributed by atoms with Gasteiger partial charge in [0.1, 0.15) is 33.9 Å². The zero-order valence-electron chi connectivity index (χ0n) is 30.9. The maximum atomic E-state index is 14.3. The molecular formula is C41H40BrN5O7S2. The van der Waals surface area contributed by atoms with Crippen LogP contribution >= 0.6 is 39.0 Å². The Bertz CT molecular complexity index is 2090. The number of anilines is 1. The van der Waals surface area contributed by atoms with Crippen LogP contribution in [-0.2, 0) is 34.3 Å². The fourth-order valence-corrected chi connectivity index (χ4v) is 9.74. The molecular weight excluding hydrogens is 819 g/mol. The highest BCUT2D eigenvalue weighted by atomic mass is 79.9. The molecule has 1 saturated carbocycles. The van der Waals surface area contributed by atoms with E-state index in [0.717, 1.165) is 16.7 Å². The Morgan fingerprint density at radius 2 is 1.54 bits per heavy atom. The van der Waals surface area contributed by atoms with Gasteiger partial charge in [0.05, 0.1) is 0 Å². The molecule has 1 aromatic heterocycles. The number of carboxylic acids is 1. The number of carboxylic acid groups (broad SMARTS) is 1. The standard InChI is InChI=1S/C41H40BrN5O7S2/c1-39(2,3)53-37(52)40(20-13-21-40)54-46-30(33(48)44-31-34(49)47-32(36(50)51)25(22-42)23-55-35(31)47)29-24-56-38(43-29)45-41(26-14-7-4-8-15-26,27-16-9-5-10-17-27)28-18-11-6-12-19-28/h4-12,14-19,24,31,35H,13,20-23H2,1-3H3,(H,43,45)(H,44,48)(H,50,51)/b46-30-/t31-,35-/m1/s1. The number of thiazole rings is 1. The molecule has 2 atom stereocenters. The summed E-state index contributed by atoms with van der Waals surface area (Å²) in [6.45, 7) is 5.28. The first-order valence-corrected chi connectivity index (χ1v) is 21.1. The third-order valence-electron chi connectivity index (χ3n) is 9.82. The lowest BCUT2D eigenvalue weighted by Gasteiger charge is -2.49. The van der Waals surface area contributed by atoms with E-state index in [1.54, 1.807) is 26.2 Å². The van der Waals surface area contributed by atoms with Gasteiger partial charge in [-0.15, -0.1) is 23.1 Å². The van der Waals surface area contributed by atoms with Gasteiger partial charge in [0.2, 0.25) is 5.60 Å². The third-order valence-corrected chi connectivity index (χ3v) is 12.6. The first-order valence-electron chi connectivity index (χ1n) is 18.0. The van der Waals surface area contributed by atoms with E-state index >= 15 is 0 Å². The summed E-state index contributed by atoms with van der Waals surface area (Å²) < 4.78 is 5.67. The largest absolute Gasteiger partial charge is 0.477 e. The third kappa shape index (κ3) is 7.47. The number of aliphatic carboxylic acids is 1. The van der Waals surface area contributed by atoms with Gasteiger partial charge in [-0.25, -0.2) is 14.6 Å². The second-order valence-corrected chi connectivity index (χ2v) is 17.2. The van der Waals surface area contributed by atoms with Crippen LogP contribution in [0.5, 0.6) is 0 Å². The second-order valence-electron chi connectivity index (χ2n) is 14.6. The molecule has 1 saturated heterocycles. The van der Waals surface area contributed by atoms with E-state index in [2.05, 4.69) is 31.7 Å². The number of nitrogens with zero attached hydrogens (tertiary/aromatic N) is 3. The van der Waals surface area contributed by atoms with Crippen LogP contribution in [0, 0.1) is 0 Å². The monoisotopic (exact) mass is 857 g/mol. The van der Waals surface area contributed by atoms with Gasteiger partial charge in [-0.05, 0) is 49.5 Å². The van der Waals surface area contributed by atoms with Crippen molar-refractivity contribution in [2.24, 2.45) is 5.16 Å². The van der Waals surface area contributed by atoms with Crippen LogP contribution in [-0.4, -0.2) is 78.2 Å². The van der Waals surface area contributed by atoms with E-state index in [9.17, 15) is 24.3 Å². The van der Waals surface area contributed by atoms with E-state index in [0.29, 0.717) is 41.1 Å². The molecule has 3 N–H and O–H groups in total. The van der Waals surface area contributed by atoms with Crippen LogP contribution in [0.2, 0.25) is 0 Å². The summed E-state index contributed by atoms with van der Waals surface area (Å²) in [5, 5.41) is 22.5. The molecule has 3 aliphatic rings. The molecule has 4 aromatic rings. The maximum Gasteiger partial charge on any atom is 0.353 e. The number of rotatable bonds is 13. The number of halogens is 1. The minimum atomic E-state index is -1.39. The molecule has 0 bridgehead atoms. The van der Waals surface area contributed by atoms with Crippen LogP contribution in [0.15, 0.2) is 113 Å². The number of oxime groups is 1. The highest BCUT2D eigenvalue weighted by Crippen LogP contribution is 2.43. The van der Waals surface area contributed by atoms with Gasteiger partial charge in [0, 0.05) is 29.3 Å². The van der Waals surface area contributed by atoms with E-state index in [1.165, 1.54) is 28.0 Å². The Kier molecular flexibility index (Phi) is 11.1. The van der Waals surface area contributed by atoms with Gasteiger partial charge in [-0.2, -0.15) is 0 Å². The molecule has 0 radical (unpaired) electrons. The van der Waals surface area contributed by atoms with E-state index < -0.39 is 51.9 Å². The number of carbonyl (C=O) groups is 4. The van der Waals surface area contributed by atoms with Gasteiger partial charge >= 0.3 is 11.9 Å². The van der Waals surface area contributed by atoms with Crippen molar-refractivity contribution in [3.8, 4) is 0 Å². The number of hydrogen-bond donors (Lipinski definition) is 3. The Morgan fingerprint density at radius 3 is 2.02 bits per heavy atom. The van der Waals surface area contributed by atoms with Crippen molar-refractivity contribution in [3.63, 3.8) is 0 Å². The summed E-state index contributed by atoms with van der Waals surface area (Å²) in [5.41, 5.74) is 0.132. The predicted octanol–water partition coefficient (Wildman–Crippen LogP) is 6.67. The summed E-state index contributed by atoms with van der Waals surface area (Å²) in [6.07, 6.45) is 1.38. The first kappa shape index (κ1) is 39.3. The van der Waals surface area contributed by atoms with E-state index in [4.69, 9.17) is 14.6 Å². The summed E-state index contributed by atoms with van der Waals surface area (Å²) in [4.78, 5) is 65.3. The van der Waals surface area contributed by atoms with Gasteiger partial charge in [0.25, 0.3) is 11.8 Å².